The van der Waals surface area contributed by atoms with Crippen LogP contribution >= 0.6 is 0 Å². The number of carbonyl (C=O) groups excluding carboxylic acids is 1. The molecule has 0 aliphatic carbocycles. The second-order valence-electron chi connectivity index (χ2n) is 4.53. The average Bonchev–Trinajstić information content (AvgIpc) is 2.45. The third kappa shape index (κ3) is 4.59. The van der Waals surface area contributed by atoms with Crippen molar-refractivity contribution in [3.8, 4) is 0 Å². The van der Waals surface area contributed by atoms with E-state index in [1.807, 2.05) is 0 Å². The molecule has 1 aromatic rings. The molecule has 0 N–H and O–H groups in total. The third-order valence-corrected chi connectivity index (χ3v) is 2.93. The van der Waals surface area contributed by atoms with Crippen molar-refractivity contribution in [2.45, 2.75) is 12.3 Å². The largest absolute Gasteiger partial charge is 0.440 e. The molecular weight excluding hydrogens is 294 g/mol. The molecule has 1 heterocycles. The third-order valence-electron chi connectivity index (χ3n) is 2.93. The van der Waals surface area contributed by atoms with Gasteiger partial charge in [0.25, 0.3) is 0 Å². The molecule has 1 atom stereocenters. The molecule has 4 nitrogen and oxygen atoms in total. The van der Waals surface area contributed by atoms with Crippen LogP contribution in [0.3, 0.4) is 0 Å². The minimum absolute atomic E-state index is 0.0579. The predicted molar refractivity (Wildman–Crippen MR) is 64.1 cm³/mol. The molecule has 1 aliphatic rings. The Kier molecular flexibility index (Phi) is 4.66. The van der Waals surface area contributed by atoms with Crippen LogP contribution in [0.4, 0.5) is 22.4 Å². The van der Waals surface area contributed by atoms with Gasteiger partial charge in [-0.05, 0) is 17.7 Å². The lowest BCUT2D eigenvalue weighted by atomic mass is 10.1. The molecule has 116 valence electrons. The number of rotatable bonds is 2. The van der Waals surface area contributed by atoms with Crippen LogP contribution in [0.2, 0.25) is 0 Å². The molecule has 0 aromatic heterocycles. The Balaban J connectivity index is 1.94. The van der Waals surface area contributed by atoms with Gasteiger partial charge in [0, 0.05) is 6.54 Å². The molecule has 1 aromatic carbocycles. The van der Waals surface area contributed by atoms with Gasteiger partial charge in [0.05, 0.1) is 13.2 Å². The van der Waals surface area contributed by atoms with Crippen molar-refractivity contribution >= 4 is 6.09 Å². The summed E-state index contributed by atoms with van der Waals surface area (Å²) in [5.41, 5.74) is 0.643. The zero-order chi connectivity index (χ0) is 15.5. The Labute approximate surface area is 118 Å². The van der Waals surface area contributed by atoms with Crippen LogP contribution in [0.25, 0.3) is 0 Å². The number of ether oxygens (including phenoxy) is 2. The lowest BCUT2D eigenvalue weighted by Gasteiger charge is -2.32. The maximum Gasteiger partial charge on any atom is 0.422 e. The quantitative estimate of drug-likeness (QED) is 0.789. The summed E-state index contributed by atoms with van der Waals surface area (Å²) >= 11 is 0. The molecule has 21 heavy (non-hydrogen) atoms. The molecule has 2 rings (SSSR count). The summed E-state index contributed by atoms with van der Waals surface area (Å²) in [6.07, 6.45) is -6.11. The maximum atomic E-state index is 12.8. The van der Waals surface area contributed by atoms with E-state index in [4.69, 9.17) is 4.74 Å². The van der Waals surface area contributed by atoms with Crippen molar-refractivity contribution in [2.24, 2.45) is 0 Å². The summed E-state index contributed by atoms with van der Waals surface area (Å²) in [5.74, 6) is -0.406. The number of hydrogen-bond acceptors (Lipinski definition) is 3. The van der Waals surface area contributed by atoms with Crippen LogP contribution in [0.15, 0.2) is 24.3 Å². The van der Waals surface area contributed by atoms with Gasteiger partial charge in [-0.1, -0.05) is 12.1 Å². The van der Waals surface area contributed by atoms with Crippen LogP contribution in [-0.4, -0.2) is 43.5 Å². The fraction of sp³-hybridized carbons (Fsp3) is 0.462. The van der Waals surface area contributed by atoms with E-state index in [0.29, 0.717) is 5.56 Å². The van der Waals surface area contributed by atoms with Gasteiger partial charge in [-0.2, -0.15) is 13.2 Å². The molecule has 0 saturated carbocycles. The number of halogens is 4. The molecule has 1 aliphatic heterocycles. The molecule has 8 heteroatoms. The molecule has 0 bridgehead atoms. The van der Waals surface area contributed by atoms with E-state index in [2.05, 4.69) is 4.74 Å². The zero-order valence-electron chi connectivity index (χ0n) is 10.9. The zero-order valence-corrected chi connectivity index (χ0v) is 10.9. The van der Waals surface area contributed by atoms with Gasteiger partial charge in [-0.15, -0.1) is 0 Å². The van der Waals surface area contributed by atoms with Crippen molar-refractivity contribution in [3.63, 3.8) is 0 Å². The highest BCUT2D eigenvalue weighted by molar-refractivity contribution is 5.67. The van der Waals surface area contributed by atoms with Crippen molar-refractivity contribution < 1.29 is 31.8 Å². The van der Waals surface area contributed by atoms with Gasteiger partial charge in [-0.3, -0.25) is 0 Å². The number of alkyl halides is 3. The number of benzene rings is 1. The number of amides is 1. The summed E-state index contributed by atoms with van der Waals surface area (Å²) in [7, 11) is 0. The van der Waals surface area contributed by atoms with E-state index in [-0.39, 0.29) is 19.7 Å². The van der Waals surface area contributed by atoms with E-state index in [1.54, 1.807) is 0 Å². The lowest BCUT2D eigenvalue weighted by Crippen LogP contribution is -2.43. The minimum Gasteiger partial charge on any atom is -0.440 e. The van der Waals surface area contributed by atoms with Gasteiger partial charge < -0.3 is 14.4 Å². The first-order valence-corrected chi connectivity index (χ1v) is 6.21. The molecule has 1 fully saturated rings. The van der Waals surface area contributed by atoms with E-state index in [1.165, 1.54) is 24.3 Å². The Bertz CT molecular complexity index is 489. The number of carbonyl (C=O) groups is 1. The fourth-order valence-electron chi connectivity index (χ4n) is 1.93. The van der Waals surface area contributed by atoms with Crippen molar-refractivity contribution in [2.75, 3.05) is 26.3 Å². The average molecular weight is 307 g/mol. The van der Waals surface area contributed by atoms with Crippen molar-refractivity contribution in [1.82, 2.24) is 4.90 Å². The Hall–Kier alpha value is -1.83. The normalized spacial score (nSPS) is 19.4. The van der Waals surface area contributed by atoms with Gasteiger partial charge >= 0.3 is 12.3 Å². The first-order chi connectivity index (χ1) is 9.85. The minimum atomic E-state index is -4.56. The van der Waals surface area contributed by atoms with Gasteiger partial charge in [0.2, 0.25) is 0 Å². The first-order valence-electron chi connectivity index (χ1n) is 6.21. The van der Waals surface area contributed by atoms with E-state index in [9.17, 15) is 22.4 Å². The van der Waals surface area contributed by atoms with Crippen LogP contribution in [-0.2, 0) is 9.47 Å². The molecule has 1 unspecified atom stereocenters. The predicted octanol–water partition coefficient (Wildman–Crippen LogP) is 2.90. The van der Waals surface area contributed by atoms with E-state index in [0.717, 1.165) is 4.90 Å². The SMILES string of the molecule is O=C(OCC(F)(F)F)N1CCOC(c2ccc(F)cc2)C1. The second kappa shape index (κ2) is 6.30. The summed E-state index contributed by atoms with van der Waals surface area (Å²) in [6.45, 7) is -1.25. The van der Waals surface area contributed by atoms with Crippen molar-refractivity contribution in [3.05, 3.63) is 35.6 Å². The fourth-order valence-corrected chi connectivity index (χ4v) is 1.93. The summed E-state index contributed by atoms with van der Waals surface area (Å²) in [5, 5.41) is 0. The Morgan fingerprint density at radius 1 is 1.33 bits per heavy atom. The number of morpholine rings is 1. The standard InChI is InChI=1S/C13H13F4NO3/c14-10-3-1-9(2-4-10)11-7-18(5-6-20-11)12(19)21-8-13(15,16)17/h1-4,11H,5-8H2. The number of nitrogens with zero attached hydrogens (tertiary/aromatic N) is 1. The van der Waals surface area contributed by atoms with Crippen LogP contribution < -0.4 is 0 Å². The highest BCUT2D eigenvalue weighted by Gasteiger charge is 2.32. The molecule has 1 amide bonds. The Morgan fingerprint density at radius 3 is 2.62 bits per heavy atom. The molecule has 0 radical (unpaired) electrons. The highest BCUT2D eigenvalue weighted by Crippen LogP contribution is 2.23. The smallest absolute Gasteiger partial charge is 0.422 e. The first kappa shape index (κ1) is 15.6. The maximum absolute atomic E-state index is 12.8. The van der Waals surface area contributed by atoms with Crippen LogP contribution in [0.5, 0.6) is 0 Å². The van der Waals surface area contributed by atoms with Crippen LogP contribution in [0.1, 0.15) is 11.7 Å². The number of hydrogen-bond donors (Lipinski definition) is 0. The van der Waals surface area contributed by atoms with Crippen LogP contribution in [0, 0.1) is 5.82 Å². The summed E-state index contributed by atoms with van der Waals surface area (Å²) in [6, 6.07) is 5.51. The van der Waals surface area contributed by atoms with E-state index < -0.39 is 30.8 Å². The van der Waals surface area contributed by atoms with Gasteiger partial charge in [-0.25, -0.2) is 9.18 Å². The summed E-state index contributed by atoms with van der Waals surface area (Å²) in [4.78, 5) is 12.7. The molecule has 1 saturated heterocycles. The van der Waals surface area contributed by atoms with Gasteiger partial charge in [0.15, 0.2) is 6.61 Å². The monoisotopic (exact) mass is 307 g/mol. The Morgan fingerprint density at radius 2 is 2.00 bits per heavy atom. The highest BCUT2D eigenvalue weighted by atomic mass is 19.4. The molecular formula is C13H13F4NO3. The van der Waals surface area contributed by atoms with E-state index >= 15 is 0 Å². The molecule has 0 spiro atoms. The summed E-state index contributed by atoms with van der Waals surface area (Å²) < 4.78 is 58.5. The van der Waals surface area contributed by atoms with Gasteiger partial charge in [0.1, 0.15) is 11.9 Å². The topological polar surface area (TPSA) is 38.8 Å². The lowest BCUT2D eigenvalue weighted by molar-refractivity contribution is -0.163. The second-order valence-corrected chi connectivity index (χ2v) is 4.53. The van der Waals surface area contributed by atoms with Crippen molar-refractivity contribution in [1.29, 1.82) is 0 Å².